The summed E-state index contributed by atoms with van der Waals surface area (Å²) in [7, 11) is 0. The Bertz CT molecular complexity index is 585. The van der Waals surface area contributed by atoms with Crippen molar-refractivity contribution >= 4 is 11.8 Å². The highest BCUT2D eigenvalue weighted by Gasteiger charge is 2.13. The van der Waals surface area contributed by atoms with E-state index in [4.69, 9.17) is 4.52 Å². The molecule has 0 fully saturated rings. The third-order valence-electron chi connectivity index (χ3n) is 3.40. The minimum Gasteiger partial charge on any atom is -0.338 e. The first-order valence-corrected chi connectivity index (χ1v) is 6.96. The molecule has 20 heavy (non-hydrogen) atoms. The van der Waals surface area contributed by atoms with Crippen LogP contribution in [0.1, 0.15) is 36.2 Å². The highest BCUT2D eigenvalue weighted by Crippen LogP contribution is 2.19. The fourth-order valence-electron chi connectivity index (χ4n) is 2.06. The first-order chi connectivity index (χ1) is 9.63. The molecule has 0 aliphatic rings. The molecular weight excluding hydrogens is 252 g/mol. The van der Waals surface area contributed by atoms with Crippen LogP contribution in [0.15, 0.2) is 28.8 Å². The molecule has 0 radical (unpaired) electrons. The van der Waals surface area contributed by atoms with E-state index in [9.17, 15) is 4.79 Å². The van der Waals surface area contributed by atoms with Crippen molar-refractivity contribution in [3.05, 3.63) is 46.6 Å². The van der Waals surface area contributed by atoms with E-state index >= 15 is 0 Å². The maximum absolute atomic E-state index is 12.0. The molecule has 0 saturated carbocycles. The first kappa shape index (κ1) is 14.3. The van der Waals surface area contributed by atoms with Crippen LogP contribution in [-0.2, 0) is 24.1 Å². The lowest BCUT2D eigenvalue weighted by Crippen LogP contribution is -2.14. The molecule has 4 heteroatoms. The number of aryl methyl sites for hydroxylation is 2. The van der Waals surface area contributed by atoms with Crippen molar-refractivity contribution in [2.75, 3.05) is 5.32 Å². The van der Waals surface area contributed by atoms with Gasteiger partial charge in [-0.3, -0.25) is 10.1 Å². The van der Waals surface area contributed by atoms with Crippen LogP contribution in [0.2, 0.25) is 0 Å². The summed E-state index contributed by atoms with van der Waals surface area (Å²) in [4.78, 5) is 12.0. The third-order valence-corrected chi connectivity index (χ3v) is 3.40. The molecule has 0 aliphatic heterocycles. The molecule has 0 saturated heterocycles. The second kappa shape index (κ2) is 6.37. The minimum atomic E-state index is -0.0869. The zero-order valence-corrected chi connectivity index (χ0v) is 12.2. The molecule has 2 rings (SSSR count). The van der Waals surface area contributed by atoms with E-state index in [2.05, 4.69) is 29.5 Å². The van der Waals surface area contributed by atoms with Gasteiger partial charge in [0.25, 0.3) is 0 Å². The summed E-state index contributed by atoms with van der Waals surface area (Å²) >= 11 is 0. The number of rotatable bonds is 5. The Morgan fingerprint density at radius 3 is 2.35 bits per heavy atom. The van der Waals surface area contributed by atoms with Crippen molar-refractivity contribution in [2.24, 2.45) is 0 Å². The molecule has 2 aromatic rings. The predicted octanol–water partition coefficient (Wildman–Crippen LogP) is 3.29. The lowest BCUT2D eigenvalue weighted by Gasteiger charge is -2.04. The Hall–Kier alpha value is -2.10. The van der Waals surface area contributed by atoms with E-state index in [1.165, 1.54) is 5.56 Å². The normalized spacial score (nSPS) is 10.6. The number of nitrogens with one attached hydrogen (secondary N) is 1. The van der Waals surface area contributed by atoms with Gasteiger partial charge in [0.1, 0.15) is 0 Å². The molecule has 1 N–H and O–H groups in total. The quantitative estimate of drug-likeness (QED) is 0.908. The van der Waals surface area contributed by atoms with Crippen LogP contribution < -0.4 is 5.32 Å². The van der Waals surface area contributed by atoms with Crippen LogP contribution in [-0.4, -0.2) is 11.1 Å². The summed E-state index contributed by atoms with van der Waals surface area (Å²) in [6.45, 7) is 6.02. The first-order valence-electron chi connectivity index (χ1n) is 6.96. The number of nitrogens with zero attached hydrogens (tertiary/aromatic N) is 1. The number of aromatic nitrogens is 1. The third kappa shape index (κ3) is 3.26. The van der Waals surface area contributed by atoms with Crippen LogP contribution in [0, 0.1) is 6.92 Å². The molecule has 4 nitrogen and oxygen atoms in total. The number of benzene rings is 1. The van der Waals surface area contributed by atoms with Gasteiger partial charge in [-0.2, -0.15) is 0 Å². The average molecular weight is 272 g/mol. The summed E-state index contributed by atoms with van der Waals surface area (Å²) in [5.74, 6) is 0.369. The average Bonchev–Trinajstić information content (AvgIpc) is 2.80. The molecule has 0 atom stereocenters. The monoisotopic (exact) mass is 272 g/mol. The smallest absolute Gasteiger partial charge is 0.234 e. The number of anilines is 1. The minimum absolute atomic E-state index is 0.0869. The molecule has 0 unspecified atom stereocenters. The highest BCUT2D eigenvalue weighted by atomic mass is 16.5. The number of hydrogen-bond acceptors (Lipinski definition) is 3. The van der Waals surface area contributed by atoms with Crippen LogP contribution in [0.3, 0.4) is 0 Å². The Balaban J connectivity index is 1.99. The molecule has 0 spiro atoms. The number of hydrogen-bond donors (Lipinski definition) is 1. The van der Waals surface area contributed by atoms with Crippen molar-refractivity contribution in [2.45, 2.75) is 40.0 Å². The lowest BCUT2D eigenvalue weighted by molar-refractivity contribution is -0.115. The molecule has 0 aliphatic carbocycles. The molecule has 106 valence electrons. The Morgan fingerprint density at radius 1 is 1.15 bits per heavy atom. The zero-order valence-electron chi connectivity index (χ0n) is 12.2. The van der Waals surface area contributed by atoms with Gasteiger partial charge in [0, 0.05) is 5.56 Å². The number of carbonyl (C=O) groups is 1. The van der Waals surface area contributed by atoms with E-state index in [0.717, 1.165) is 29.7 Å². The van der Waals surface area contributed by atoms with E-state index < -0.39 is 0 Å². The van der Waals surface area contributed by atoms with E-state index in [1.54, 1.807) is 0 Å². The Kier molecular flexibility index (Phi) is 4.56. The Morgan fingerprint density at radius 2 is 1.80 bits per heavy atom. The maximum Gasteiger partial charge on any atom is 0.234 e. The van der Waals surface area contributed by atoms with Gasteiger partial charge < -0.3 is 4.52 Å². The Labute approximate surface area is 119 Å². The molecular formula is C16H20N2O2. The molecule has 1 heterocycles. The fraction of sp³-hybridized carbons (Fsp3) is 0.375. The van der Waals surface area contributed by atoms with Gasteiger partial charge in [-0.05, 0) is 30.9 Å². The van der Waals surface area contributed by atoms with Crippen LogP contribution in [0.5, 0.6) is 0 Å². The highest BCUT2D eigenvalue weighted by molar-refractivity contribution is 5.91. The van der Waals surface area contributed by atoms with Gasteiger partial charge in [-0.25, -0.2) is 0 Å². The second-order valence-corrected chi connectivity index (χ2v) is 4.83. The summed E-state index contributed by atoms with van der Waals surface area (Å²) in [5, 5.41) is 6.70. The molecule has 1 aromatic heterocycles. The van der Waals surface area contributed by atoms with Gasteiger partial charge in [-0.1, -0.05) is 43.3 Å². The zero-order chi connectivity index (χ0) is 14.5. The van der Waals surface area contributed by atoms with Gasteiger partial charge in [-0.15, -0.1) is 0 Å². The topological polar surface area (TPSA) is 55.1 Å². The summed E-state index contributed by atoms with van der Waals surface area (Å²) in [6, 6.07) is 8.08. The fourth-order valence-corrected chi connectivity index (χ4v) is 2.06. The van der Waals surface area contributed by atoms with E-state index in [0.29, 0.717) is 12.3 Å². The van der Waals surface area contributed by atoms with Crippen molar-refractivity contribution < 1.29 is 9.32 Å². The molecule has 1 amide bonds. The van der Waals surface area contributed by atoms with Gasteiger partial charge >= 0.3 is 0 Å². The summed E-state index contributed by atoms with van der Waals surface area (Å²) in [5.41, 5.74) is 4.05. The number of amides is 1. The van der Waals surface area contributed by atoms with Crippen molar-refractivity contribution in [3.8, 4) is 0 Å². The SMILES string of the molecule is CCc1ccc(CC(=O)Nc2onc(CC)c2C)cc1. The van der Waals surface area contributed by atoms with Crippen LogP contribution in [0.25, 0.3) is 0 Å². The van der Waals surface area contributed by atoms with Gasteiger partial charge in [0.2, 0.25) is 11.8 Å². The predicted molar refractivity (Wildman–Crippen MR) is 78.8 cm³/mol. The molecule has 0 bridgehead atoms. The largest absolute Gasteiger partial charge is 0.338 e. The van der Waals surface area contributed by atoms with Crippen molar-refractivity contribution in [1.82, 2.24) is 5.16 Å². The summed E-state index contributed by atoms with van der Waals surface area (Å²) in [6.07, 6.45) is 2.14. The van der Waals surface area contributed by atoms with E-state index in [-0.39, 0.29) is 5.91 Å². The van der Waals surface area contributed by atoms with Crippen LogP contribution in [0.4, 0.5) is 5.88 Å². The lowest BCUT2D eigenvalue weighted by atomic mass is 10.1. The van der Waals surface area contributed by atoms with Gasteiger partial charge in [0.05, 0.1) is 12.1 Å². The van der Waals surface area contributed by atoms with Crippen molar-refractivity contribution in [3.63, 3.8) is 0 Å². The van der Waals surface area contributed by atoms with Gasteiger partial charge in [0.15, 0.2) is 0 Å². The van der Waals surface area contributed by atoms with Crippen molar-refractivity contribution in [1.29, 1.82) is 0 Å². The molecule has 1 aromatic carbocycles. The maximum atomic E-state index is 12.0. The number of carbonyl (C=O) groups excluding carboxylic acids is 1. The van der Waals surface area contributed by atoms with E-state index in [1.807, 2.05) is 26.0 Å². The summed E-state index contributed by atoms with van der Waals surface area (Å²) < 4.78 is 5.15. The van der Waals surface area contributed by atoms with Crippen LogP contribution >= 0.6 is 0 Å². The standard InChI is InChI=1S/C16H20N2O2/c1-4-12-6-8-13(9-7-12)10-15(19)17-16-11(3)14(5-2)18-20-16/h6-9H,4-5,10H2,1-3H3,(H,17,19). The second-order valence-electron chi connectivity index (χ2n) is 4.83.